The molecule has 1 fully saturated rings. The number of anilines is 1. The van der Waals surface area contributed by atoms with Crippen LogP contribution in [0, 0.1) is 0 Å². The van der Waals surface area contributed by atoms with Crippen LogP contribution in [0.3, 0.4) is 0 Å². The van der Waals surface area contributed by atoms with Gasteiger partial charge in [0.2, 0.25) is 5.91 Å². The summed E-state index contributed by atoms with van der Waals surface area (Å²) in [6.07, 6.45) is 4.98. The summed E-state index contributed by atoms with van der Waals surface area (Å²) in [5, 5.41) is 9.83. The fourth-order valence-electron chi connectivity index (χ4n) is 2.23. The first kappa shape index (κ1) is 14.1. The van der Waals surface area contributed by atoms with Gasteiger partial charge in [-0.3, -0.25) is 9.89 Å². The van der Waals surface area contributed by atoms with Crippen LogP contribution in [0.4, 0.5) is 5.82 Å². The molecule has 5 heteroatoms. The molecule has 19 heavy (non-hydrogen) atoms. The van der Waals surface area contributed by atoms with E-state index < -0.39 is 0 Å². The van der Waals surface area contributed by atoms with Crippen LogP contribution in [0.15, 0.2) is 6.07 Å². The van der Waals surface area contributed by atoms with Gasteiger partial charge in [0.15, 0.2) is 5.82 Å². The van der Waals surface area contributed by atoms with Crippen molar-refractivity contribution in [2.24, 2.45) is 0 Å². The van der Waals surface area contributed by atoms with Crippen LogP contribution in [-0.4, -0.2) is 28.8 Å². The monoisotopic (exact) mass is 265 g/mol. The third-order valence-corrected chi connectivity index (χ3v) is 3.45. The van der Waals surface area contributed by atoms with E-state index in [4.69, 9.17) is 4.74 Å². The van der Waals surface area contributed by atoms with Crippen molar-refractivity contribution in [2.45, 2.75) is 58.0 Å². The Kier molecular flexibility index (Phi) is 4.96. The largest absolute Gasteiger partial charge is 0.378 e. The zero-order valence-electron chi connectivity index (χ0n) is 11.7. The Balaban J connectivity index is 1.73. The molecule has 1 aliphatic heterocycles. The molecule has 0 radical (unpaired) electrons. The van der Waals surface area contributed by atoms with Crippen LogP contribution in [-0.2, 0) is 9.53 Å². The Labute approximate surface area is 114 Å². The zero-order valence-corrected chi connectivity index (χ0v) is 11.7. The first-order valence-corrected chi connectivity index (χ1v) is 7.12. The summed E-state index contributed by atoms with van der Waals surface area (Å²) in [4.78, 5) is 11.8. The highest BCUT2D eigenvalue weighted by Gasteiger charge is 2.15. The second-order valence-corrected chi connectivity index (χ2v) is 5.44. The van der Waals surface area contributed by atoms with Crippen LogP contribution in [0.5, 0.6) is 0 Å². The minimum absolute atomic E-state index is 0.0102. The predicted molar refractivity (Wildman–Crippen MR) is 74.1 cm³/mol. The normalized spacial score (nSPS) is 19.6. The first-order valence-electron chi connectivity index (χ1n) is 7.12. The summed E-state index contributed by atoms with van der Waals surface area (Å²) in [6.45, 7) is 5.00. The number of rotatable bonds is 5. The molecule has 0 bridgehead atoms. The van der Waals surface area contributed by atoms with Gasteiger partial charge in [-0.15, -0.1) is 0 Å². The molecular weight excluding hydrogens is 242 g/mol. The van der Waals surface area contributed by atoms with Crippen molar-refractivity contribution >= 4 is 11.7 Å². The highest BCUT2D eigenvalue weighted by Crippen LogP contribution is 2.18. The van der Waals surface area contributed by atoms with Crippen LogP contribution in [0.25, 0.3) is 0 Å². The molecule has 1 unspecified atom stereocenters. The Hall–Kier alpha value is -1.36. The van der Waals surface area contributed by atoms with E-state index in [0.717, 1.165) is 31.6 Å². The van der Waals surface area contributed by atoms with Gasteiger partial charge in [-0.1, -0.05) is 13.8 Å². The number of nitrogens with one attached hydrogen (secondary N) is 2. The van der Waals surface area contributed by atoms with Crippen molar-refractivity contribution < 1.29 is 9.53 Å². The van der Waals surface area contributed by atoms with E-state index >= 15 is 0 Å². The average molecular weight is 265 g/mol. The standard InChI is InChI=1S/C14H23N3O2/c1-10(2)12-9-13(17-16-12)15-14(18)7-6-11-5-3-4-8-19-11/h9-11H,3-8H2,1-2H3,(H2,15,16,17,18). The summed E-state index contributed by atoms with van der Waals surface area (Å²) in [7, 11) is 0. The molecule has 5 nitrogen and oxygen atoms in total. The molecule has 0 aromatic carbocycles. The number of ether oxygens (including phenoxy) is 1. The molecule has 1 aromatic heterocycles. The van der Waals surface area contributed by atoms with Crippen molar-refractivity contribution in [3.05, 3.63) is 11.8 Å². The maximum Gasteiger partial charge on any atom is 0.225 e. The number of nitrogens with zero attached hydrogens (tertiary/aromatic N) is 1. The number of amides is 1. The highest BCUT2D eigenvalue weighted by atomic mass is 16.5. The number of hydrogen-bond donors (Lipinski definition) is 2. The van der Waals surface area contributed by atoms with E-state index in [9.17, 15) is 4.79 Å². The Morgan fingerprint density at radius 3 is 3.05 bits per heavy atom. The van der Waals surface area contributed by atoms with Gasteiger partial charge in [-0.05, 0) is 31.6 Å². The lowest BCUT2D eigenvalue weighted by atomic mass is 10.0. The fraction of sp³-hybridized carbons (Fsp3) is 0.714. The zero-order chi connectivity index (χ0) is 13.7. The van der Waals surface area contributed by atoms with Gasteiger partial charge in [0.1, 0.15) is 0 Å². The Bertz CT molecular complexity index is 409. The first-order chi connectivity index (χ1) is 9.15. The van der Waals surface area contributed by atoms with Crippen LogP contribution < -0.4 is 5.32 Å². The van der Waals surface area contributed by atoms with Gasteiger partial charge < -0.3 is 10.1 Å². The van der Waals surface area contributed by atoms with E-state index in [0.29, 0.717) is 18.2 Å². The minimum Gasteiger partial charge on any atom is -0.378 e. The van der Waals surface area contributed by atoms with Gasteiger partial charge in [0.05, 0.1) is 6.10 Å². The Morgan fingerprint density at radius 2 is 2.42 bits per heavy atom. The lowest BCUT2D eigenvalue weighted by Gasteiger charge is -2.22. The number of H-pyrrole nitrogens is 1. The van der Waals surface area contributed by atoms with Gasteiger partial charge in [0, 0.05) is 24.8 Å². The third kappa shape index (κ3) is 4.35. The lowest BCUT2D eigenvalue weighted by Crippen LogP contribution is -2.21. The SMILES string of the molecule is CC(C)c1cc(NC(=O)CCC2CCCCO2)n[nH]1. The minimum atomic E-state index is 0.0102. The number of carbonyl (C=O) groups is 1. The molecule has 106 valence electrons. The van der Waals surface area contributed by atoms with E-state index in [1.165, 1.54) is 6.42 Å². The summed E-state index contributed by atoms with van der Waals surface area (Å²) >= 11 is 0. The van der Waals surface area contributed by atoms with E-state index in [1.54, 1.807) is 0 Å². The number of hydrogen-bond acceptors (Lipinski definition) is 3. The van der Waals surface area contributed by atoms with Crippen LogP contribution in [0.1, 0.15) is 57.6 Å². The second kappa shape index (κ2) is 6.70. The molecule has 1 aliphatic rings. The fourth-order valence-corrected chi connectivity index (χ4v) is 2.23. The molecule has 0 saturated carbocycles. The van der Waals surface area contributed by atoms with Gasteiger partial charge in [-0.2, -0.15) is 5.10 Å². The highest BCUT2D eigenvalue weighted by molar-refractivity contribution is 5.89. The van der Waals surface area contributed by atoms with Crippen LogP contribution >= 0.6 is 0 Å². The molecule has 1 atom stereocenters. The summed E-state index contributed by atoms with van der Waals surface area (Å²) in [5.74, 6) is 1.00. The topological polar surface area (TPSA) is 67.0 Å². The maximum absolute atomic E-state index is 11.8. The van der Waals surface area contributed by atoms with Crippen molar-refractivity contribution in [1.82, 2.24) is 10.2 Å². The quantitative estimate of drug-likeness (QED) is 0.860. The van der Waals surface area contributed by atoms with E-state index in [-0.39, 0.29) is 12.0 Å². The molecule has 1 aromatic rings. The van der Waals surface area contributed by atoms with Crippen molar-refractivity contribution in [2.75, 3.05) is 11.9 Å². The predicted octanol–water partition coefficient (Wildman–Crippen LogP) is 2.82. The molecule has 1 amide bonds. The molecule has 2 N–H and O–H groups in total. The van der Waals surface area contributed by atoms with Crippen molar-refractivity contribution in [1.29, 1.82) is 0 Å². The molecular formula is C14H23N3O2. The van der Waals surface area contributed by atoms with E-state index in [2.05, 4.69) is 29.4 Å². The van der Waals surface area contributed by atoms with Crippen molar-refractivity contribution in [3.63, 3.8) is 0 Å². The number of carbonyl (C=O) groups excluding carboxylic acids is 1. The number of aromatic amines is 1. The average Bonchev–Trinajstić information content (AvgIpc) is 2.86. The molecule has 1 saturated heterocycles. The number of aromatic nitrogens is 2. The van der Waals surface area contributed by atoms with Crippen LogP contribution in [0.2, 0.25) is 0 Å². The summed E-state index contributed by atoms with van der Waals surface area (Å²) in [5.41, 5.74) is 1.03. The second-order valence-electron chi connectivity index (χ2n) is 5.44. The maximum atomic E-state index is 11.8. The van der Waals surface area contributed by atoms with Gasteiger partial charge >= 0.3 is 0 Å². The van der Waals surface area contributed by atoms with Gasteiger partial charge in [-0.25, -0.2) is 0 Å². The molecule has 0 spiro atoms. The van der Waals surface area contributed by atoms with Gasteiger partial charge in [0.25, 0.3) is 0 Å². The van der Waals surface area contributed by atoms with E-state index in [1.807, 2.05) is 6.07 Å². The summed E-state index contributed by atoms with van der Waals surface area (Å²) in [6, 6.07) is 1.89. The molecule has 2 rings (SSSR count). The Morgan fingerprint density at radius 1 is 1.58 bits per heavy atom. The van der Waals surface area contributed by atoms with Crippen molar-refractivity contribution in [3.8, 4) is 0 Å². The smallest absolute Gasteiger partial charge is 0.225 e. The third-order valence-electron chi connectivity index (χ3n) is 3.45. The summed E-state index contributed by atoms with van der Waals surface area (Å²) < 4.78 is 5.61. The lowest BCUT2D eigenvalue weighted by molar-refractivity contribution is -0.117. The molecule has 2 heterocycles. The molecule has 0 aliphatic carbocycles.